The monoisotopic (exact) mass is 354 g/mol. The second kappa shape index (κ2) is 10.5. The molecule has 7 nitrogen and oxygen atoms in total. The fourth-order valence-electron chi connectivity index (χ4n) is 2.07. The van der Waals surface area contributed by atoms with Crippen LogP contribution in [0.2, 0.25) is 5.02 Å². The van der Waals surface area contributed by atoms with Crippen molar-refractivity contribution in [2.45, 2.75) is 32.2 Å². The molecule has 0 spiro atoms. The lowest BCUT2D eigenvalue weighted by atomic mass is 10.1. The van der Waals surface area contributed by atoms with Gasteiger partial charge in [0.2, 0.25) is 5.91 Å². The molecule has 24 heavy (non-hydrogen) atoms. The van der Waals surface area contributed by atoms with Crippen molar-refractivity contribution in [1.29, 1.82) is 0 Å². The standard InChI is InChI=1S/C16H23ClN4O3/c1-2-3-8-13(21-16(18)24)15(23)20-10-9-19-14(22)11-6-4-5-7-12(11)17/h4-7,13H,2-3,8-10H2,1H3,(H,19,22)(H,20,23)(H3,18,21,24)/t13-/m0/s1. The minimum atomic E-state index is -0.738. The lowest BCUT2D eigenvalue weighted by Gasteiger charge is -2.17. The van der Waals surface area contributed by atoms with Gasteiger partial charge in [0.05, 0.1) is 10.6 Å². The molecule has 0 radical (unpaired) electrons. The van der Waals surface area contributed by atoms with Crippen molar-refractivity contribution in [3.05, 3.63) is 34.9 Å². The van der Waals surface area contributed by atoms with E-state index < -0.39 is 12.1 Å². The second-order valence-electron chi connectivity index (χ2n) is 5.23. The predicted molar refractivity (Wildman–Crippen MR) is 92.8 cm³/mol. The van der Waals surface area contributed by atoms with Gasteiger partial charge in [-0.2, -0.15) is 0 Å². The zero-order valence-electron chi connectivity index (χ0n) is 13.6. The fraction of sp³-hybridized carbons (Fsp3) is 0.438. The summed E-state index contributed by atoms with van der Waals surface area (Å²) in [5.74, 6) is -0.637. The third kappa shape index (κ3) is 6.87. The Labute approximate surface area is 146 Å². The van der Waals surface area contributed by atoms with Crippen LogP contribution in [0.15, 0.2) is 24.3 Å². The highest BCUT2D eigenvalue weighted by atomic mass is 35.5. The highest BCUT2D eigenvalue weighted by Crippen LogP contribution is 2.14. The van der Waals surface area contributed by atoms with Crippen LogP contribution in [0.3, 0.4) is 0 Å². The number of rotatable bonds is 9. The number of nitrogens with one attached hydrogen (secondary N) is 3. The molecule has 0 fully saturated rings. The SMILES string of the molecule is CCCC[C@H](NC(N)=O)C(=O)NCCNC(=O)c1ccccc1Cl. The smallest absolute Gasteiger partial charge is 0.312 e. The first-order valence-electron chi connectivity index (χ1n) is 7.82. The Morgan fingerprint density at radius 1 is 1.17 bits per heavy atom. The zero-order valence-corrected chi connectivity index (χ0v) is 14.4. The van der Waals surface area contributed by atoms with Crippen LogP contribution in [0.4, 0.5) is 4.79 Å². The molecule has 1 aromatic rings. The molecule has 0 heterocycles. The Morgan fingerprint density at radius 3 is 2.46 bits per heavy atom. The minimum Gasteiger partial charge on any atom is -0.353 e. The minimum absolute atomic E-state index is 0.234. The van der Waals surface area contributed by atoms with Crippen LogP contribution in [-0.4, -0.2) is 37.0 Å². The Balaban J connectivity index is 2.39. The van der Waals surface area contributed by atoms with Crippen molar-refractivity contribution in [1.82, 2.24) is 16.0 Å². The van der Waals surface area contributed by atoms with E-state index in [9.17, 15) is 14.4 Å². The van der Waals surface area contributed by atoms with Gasteiger partial charge in [0.15, 0.2) is 0 Å². The number of hydrogen-bond acceptors (Lipinski definition) is 3. The van der Waals surface area contributed by atoms with Crippen LogP contribution < -0.4 is 21.7 Å². The lowest BCUT2D eigenvalue weighted by Crippen LogP contribution is -2.49. The average Bonchev–Trinajstić information content (AvgIpc) is 2.55. The van der Waals surface area contributed by atoms with Crippen LogP contribution >= 0.6 is 11.6 Å². The second-order valence-corrected chi connectivity index (χ2v) is 5.64. The Hall–Kier alpha value is -2.28. The summed E-state index contributed by atoms with van der Waals surface area (Å²) in [5.41, 5.74) is 5.45. The molecule has 132 valence electrons. The third-order valence-electron chi connectivity index (χ3n) is 3.31. The van der Waals surface area contributed by atoms with Gasteiger partial charge in [-0.15, -0.1) is 0 Å². The van der Waals surface area contributed by atoms with E-state index >= 15 is 0 Å². The number of benzene rings is 1. The number of halogens is 1. The van der Waals surface area contributed by atoms with Crippen LogP contribution in [0.25, 0.3) is 0 Å². The quantitative estimate of drug-likeness (QED) is 0.503. The molecule has 0 aromatic heterocycles. The van der Waals surface area contributed by atoms with Gasteiger partial charge in [0.25, 0.3) is 5.91 Å². The van der Waals surface area contributed by atoms with Crippen molar-refractivity contribution in [3.63, 3.8) is 0 Å². The first-order chi connectivity index (χ1) is 11.5. The van der Waals surface area contributed by atoms with Crippen LogP contribution in [0.1, 0.15) is 36.5 Å². The summed E-state index contributed by atoms with van der Waals surface area (Å²) in [4.78, 5) is 34.9. The van der Waals surface area contributed by atoms with Gasteiger partial charge in [-0.05, 0) is 18.6 Å². The van der Waals surface area contributed by atoms with Gasteiger partial charge in [0, 0.05) is 13.1 Å². The normalized spacial score (nSPS) is 11.4. The van der Waals surface area contributed by atoms with Gasteiger partial charge >= 0.3 is 6.03 Å². The summed E-state index contributed by atoms with van der Waals surface area (Å²) in [6.07, 6.45) is 2.21. The summed E-state index contributed by atoms with van der Waals surface area (Å²) >= 11 is 5.94. The molecule has 0 aliphatic heterocycles. The van der Waals surface area contributed by atoms with E-state index in [4.69, 9.17) is 17.3 Å². The van der Waals surface area contributed by atoms with Crippen molar-refractivity contribution < 1.29 is 14.4 Å². The van der Waals surface area contributed by atoms with Crippen molar-refractivity contribution in [3.8, 4) is 0 Å². The molecule has 0 unspecified atom stereocenters. The number of nitrogens with two attached hydrogens (primary N) is 1. The Bertz CT molecular complexity index is 580. The maximum absolute atomic E-state index is 12.0. The van der Waals surface area contributed by atoms with Crippen LogP contribution in [-0.2, 0) is 4.79 Å². The Kier molecular flexibility index (Phi) is 8.64. The molecular weight excluding hydrogens is 332 g/mol. The molecule has 0 saturated carbocycles. The van der Waals surface area contributed by atoms with E-state index in [-0.39, 0.29) is 24.9 Å². The maximum atomic E-state index is 12.0. The van der Waals surface area contributed by atoms with Gasteiger partial charge in [-0.1, -0.05) is 43.5 Å². The van der Waals surface area contributed by atoms with E-state index in [1.54, 1.807) is 24.3 Å². The molecule has 1 atom stereocenters. The molecule has 5 N–H and O–H groups in total. The summed E-state index contributed by atoms with van der Waals surface area (Å²) in [6.45, 7) is 2.47. The number of amides is 4. The topological polar surface area (TPSA) is 113 Å². The molecular formula is C16H23ClN4O3. The molecule has 0 saturated heterocycles. The van der Waals surface area contributed by atoms with Crippen LogP contribution in [0.5, 0.6) is 0 Å². The molecule has 4 amide bonds. The number of carbonyl (C=O) groups excluding carboxylic acids is 3. The van der Waals surface area contributed by atoms with E-state index in [2.05, 4.69) is 16.0 Å². The number of primary amides is 1. The molecule has 0 bridgehead atoms. The lowest BCUT2D eigenvalue weighted by molar-refractivity contribution is -0.123. The molecule has 0 aliphatic rings. The highest BCUT2D eigenvalue weighted by Gasteiger charge is 2.18. The number of carbonyl (C=O) groups is 3. The van der Waals surface area contributed by atoms with E-state index in [0.29, 0.717) is 17.0 Å². The van der Waals surface area contributed by atoms with Crippen LogP contribution in [0, 0.1) is 0 Å². The van der Waals surface area contributed by atoms with Gasteiger partial charge < -0.3 is 21.7 Å². The van der Waals surface area contributed by atoms with Gasteiger partial charge in [0.1, 0.15) is 6.04 Å². The molecule has 8 heteroatoms. The summed E-state index contributed by atoms with van der Waals surface area (Å²) in [7, 11) is 0. The molecule has 0 aliphatic carbocycles. The Morgan fingerprint density at radius 2 is 1.83 bits per heavy atom. The first kappa shape index (κ1) is 19.8. The van der Waals surface area contributed by atoms with E-state index in [1.807, 2.05) is 6.92 Å². The molecule has 1 aromatic carbocycles. The van der Waals surface area contributed by atoms with Gasteiger partial charge in [-0.3, -0.25) is 9.59 Å². The highest BCUT2D eigenvalue weighted by molar-refractivity contribution is 6.33. The van der Waals surface area contributed by atoms with E-state index in [1.165, 1.54) is 0 Å². The predicted octanol–water partition coefficient (Wildman–Crippen LogP) is 1.41. The van der Waals surface area contributed by atoms with Crippen molar-refractivity contribution >= 4 is 29.4 Å². The fourth-order valence-corrected chi connectivity index (χ4v) is 2.30. The zero-order chi connectivity index (χ0) is 17.9. The van der Waals surface area contributed by atoms with Crippen molar-refractivity contribution in [2.75, 3.05) is 13.1 Å². The number of urea groups is 1. The van der Waals surface area contributed by atoms with E-state index in [0.717, 1.165) is 12.8 Å². The maximum Gasteiger partial charge on any atom is 0.312 e. The summed E-state index contributed by atoms with van der Waals surface area (Å²) in [6, 6.07) is 5.30. The largest absolute Gasteiger partial charge is 0.353 e. The number of unbranched alkanes of at least 4 members (excludes halogenated alkanes) is 1. The number of hydrogen-bond donors (Lipinski definition) is 4. The summed E-state index contributed by atoms with van der Waals surface area (Å²) < 4.78 is 0. The van der Waals surface area contributed by atoms with Crippen molar-refractivity contribution in [2.24, 2.45) is 5.73 Å². The summed E-state index contributed by atoms with van der Waals surface area (Å²) in [5, 5.41) is 8.11. The first-order valence-corrected chi connectivity index (χ1v) is 8.20. The van der Waals surface area contributed by atoms with Gasteiger partial charge in [-0.25, -0.2) is 4.79 Å². The third-order valence-corrected chi connectivity index (χ3v) is 3.64. The average molecular weight is 355 g/mol. The molecule has 1 rings (SSSR count).